The minimum atomic E-state index is -0.279. The van der Waals surface area contributed by atoms with Gasteiger partial charge in [0.2, 0.25) is 0 Å². The molecule has 0 atom stereocenters. The lowest BCUT2D eigenvalue weighted by Gasteiger charge is -2.13. The SMILES string of the molecule is COc1cccc(-c2c(Cc3cccc(F)c3)c[nH]c(=O)c2Br)c1. The second kappa shape index (κ2) is 7.01. The van der Waals surface area contributed by atoms with Crippen LogP contribution in [0.15, 0.2) is 64.0 Å². The van der Waals surface area contributed by atoms with Crippen LogP contribution in [0.1, 0.15) is 11.1 Å². The molecule has 0 amide bonds. The van der Waals surface area contributed by atoms with Crippen LogP contribution in [0, 0.1) is 5.82 Å². The molecule has 0 unspecified atom stereocenters. The van der Waals surface area contributed by atoms with E-state index in [1.54, 1.807) is 19.4 Å². The lowest BCUT2D eigenvalue weighted by Crippen LogP contribution is -2.10. The third kappa shape index (κ3) is 3.41. The first-order valence-corrected chi connectivity index (χ1v) is 8.16. The number of hydrogen-bond acceptors (Lipinski definition) is 2. The molecule has 0 radical (unpaired) electrons. The molecule has 3 rings (SSSR count). The molecule has 1 N–H and O–H groups in total. The zero-order valence-electron chi connectivity index (χ0n) is 13.0. The number of pyridine rings is 1. The van der Waals surface area contributed by atoms with Crippen molar-refractivity contribution in [2.75, 3.05) is 7.11 Å². The summed E-state index contributed by atoms with van der Waals surface area (Å²) < 4.78 is 19.2. The van der Waals surface area contributed by atoms with Crippen LogP contribution in [0.2, 0.25) is 0 Å². The number of benzene rings is 2. The number of ether oxygens (including phenoxy) is 1. The molecule has 1 aromatic heterocycles. The van der Waals surface area contributed by atoms with E-state index in [1.165, 1.54) is 12.1 Å². The van der Waals surface area contributed by atoms with Crippen LogP contribution in [0.4, 0.5) is 4.39 Å². The summed E-state index contributed by atoms with van der Waals surface area (Å²) >= 11 is 3.38. The van der Waals surface area contributed by atoms with Crippen molar-refractivity contribution < 1.29 is 9.13 Å². The first kappa shape index (κ1) is 16.5. The lowest BCUT2D eigenvalue weighted by molar-refractivity contribution is 0.415. The molecule has 5 heteroatoms. The normalized spacial score (nSPS) is 10.6. The van der Waals surface area contributed by atoms with Crippen molar-refractivity contribution in [3.63, 3.8) is 0 Å². The summed E-state index contributed by atoms with van der Waals surface area (Å²) in [4.78, 5) is 14.7. The van der Waals surface area contributed by atoms with Gasteiger partial charge in [0.25, 0.3) is 5.56 Å². The number of halogens is 2. The van der Waals surface area contributed by atoms with Crippen LogP contribution in [-0.4, -0.2) is 12.1 Å². The van der Waals surface area contributed by atoms with Crippen molar-refractivity contribution in [1.29, 1.82) is 0 Å². The maximum absolute atomic E-state index is 13.5. The third-order valence-electron chi connectivity index (χ3n) is 3.76. The Kier molecular flexibility index (Phi) is 4.81. The van der Waals surface area contributed by atoms with E-state index in [2.05, 4.69) is 20.9 Å². The molecule has 24 heavy (non-hydrogen) atoms. The largest absolute Gasteiger partial charge is 0.497 e. The minimum Gasteiger partial charge on any atom is -0.497 e. The van der Waals surface area contributed by atoms with E-state index in [4.69, 9.17) is 4.74 Å². The van der Waals surface area contributed by atoms with Crippen LogP contribution in [0.5, 0.6) is 5.75 Å². The van der Waals surface area contributed by atoms with Crippen molar-refractivity contribution in [2.24, 2.45) is 0 Å². The Morgan fingerprint density at radius 1 is 1.17 bits per heavy atom. The Hall–Kier alpha value is -2.40. The van der Waals surface area contributed by atoms with E-state index in [0.29, 0.717) is 16.6 Å². The summed E-state index contributed by atoms with van der Waals surface area (Å²) in [5, 5.41) is 0. The predicted molar refractivity (Wildman–Crippen MR) is 96.0 cm³/mol. The monoisotopic (exact) mass is 387 g/mol. The minimum absolute atomic E-state index is 0.212. The van der Waals surface area contributed by atoms with Crippen molar-refractivity contribution >= 4 is 15.9 Å². The standard InChI is InChI=1S/C19H15BrFNO2/c1-24-16-7-3-5-13(10-16)17-14(11-22-19(23)18(17)20)8-12-4-2-6-15(21)9-12/h2-7,9-11H,8H2,1H3,(H,22,23). The molecule has 0 fully saturated rings. The van der Waals surface area contributed by atoms with E-state index >= 15 is 0 Å². The highest BCUT2D eigenvalue weighted by molar-refractivity contribution is 9.10. The van der Waals surface area contributed by atoms with Gasteiger partial charge in [0, 0.05) is 11.8 Å². The van der Waals surface area contributed by atoms with Gasteiger partial charge in [0.1, 0.15) is 11.6 Å². The fourth-order valence-electron chi connectivity index (χ4n) is 2.64. The summed E-state index contributed by atoms with van der Waals surface area (Å²) in [6.07, 6.45) is 2.17. The number of nitrogens with one attached hydrogen (secondary N) is 1. The first-order chi connectivity index (χ1) is 11.6. The van der Waals surface area contributed by atoms with Gasteiger partial charge in [-0.1, -0.05) is 24.3 Å². The average molecular weight is 388 g/mol. The average Bonchev–Trinajstić information content (AvgIpc) is 2.58. The lowest BCUT2D eigenvalue weighted by atomic mass is 9.96. The summed E-state index contributed by atoms with van der Waals surface area (Å²) in [5.74, 6) is 0.426. The van der Waals surface area contributed by atoms with Crippen molar-refractivity contribution in [2.45, 2.75) is 6.42 Å². The van der Waals surface area contributed by atoms with Gasteiger partial charge in [0.05, 0.1) is 11.6 Å². The van der Waals surface area contributed by atoms with Gasteiger partial charge in [-0.2, -0.15) is 0 Å². The molecule has 0 bridgehead atoms. The molecule has 3 aromatic rings. The fourth-order valence-corrected chi connectivity index (χ4v) is 3.24. The zero-order valence-corrected chi connectivity index (χ0v) is 14.6. The highest BCUT2D eigenvalue weighted by Gasteiger charge is 2.14. The molecule has 0 saturated heterocycles. The van der Waals surface area contributed by atoms with Crippen LogP contribution in [-0.2, 0) is 6.42 Å². The van der Waals surface area contributed by atoms with E-state index < -0.39 is 0 Å². The molecular weight excluding hydrogens is 373 g/mol. The van der Waals surface area contributed by atoms with Crippen molar-refractivity contribution in [3.05, 3.63) is 86.5 Å². The molecule has 0 aliphatic carbocycles. The van der Waals surface area contributed by atoms with Gasteiger partial charge >= 0.3 is 0 Å². The van der Waals surface area contributed by atoms with Gasteiger partial charge in [-0.3, -0.25) is 4.79 Å². The summed E-state index contributed by atoms with van der Waals surface area (Å²) in [6.45, 7) is 0. The summed E-state index contributed by atoms with van der Waals surface area (Å²) in [5.41, 5.74) is 3.15. The summed E-state index contributed by atoms with van der Waals surface area (Å²) in [6, 6.07) is 13.9. The van der Waals surface area contributed by atoms with Crippen LogP contribution in [0.25, 0.3) is 11.1 Å². The number of hydrogen-bond donors (Lipinski definition) is 1. The maximum atomic E-state index is 13.5. The molecule has 3 nitrogen and oxygen atoms in total. The van der Waals surface area contributed by atoms with Gasteiger partial charge in [-0.25, -0.2) is 4.39 Å². The number of aromatic amines is 1. The Bertz CT molecular complexity index is 937. The Balaban J connectivity index is 2.13. The number of H-pyrrole nitrogens is 1. The molecule has 0 spiro atoms. The number of rotatable bonds is 4. The highest BCUT2D eigenvalue weighted by Crippen LogP contribution is 2.32. The van der Waals surface area contributed by atoms with Gasteiger partial charge < -0.3 is 9.72 Å². The number of methoxy groups -OCH3 is 1. The van der Waals surface area contributed by atoms with Crippen molar-refractivity contribution in [3.8, 4) is 16.9 Å². The smallest absolute Gasteiger partial charge is 0.262 e. The van der Waals surface area contributed by atoms with Gasteiger partial charge in [0.15, 0.2) is 0 Å². The Morgan fingerprint density at radius 2 is 1.96 bits per heavy atom. The molecule has 2 aromatic carbocycles. The second-order valence-electron chi connectivity index (χ2n) is 5.37. The van der Waals surface area contributed by atoms with Gasteiger partial charge in [-0.15, -0.1) is 0 Å². The number of aromatic nitrogens is 1. The van der Waals surface area contributed by atoms with Crippen LogP contribution < -0.4 is 10.3 Å². The first-order valence-electron chi connectivity index (χ1n) is 7.37. The maximum Gasteiger partial charge on any atom is 0.262 e. The van der Waals surface area contributed by atoms with E-state index in [9.17, 15) is 9.18 Å². The highest BCUT2D eigenvalue weighted by atomic mass is 79.9. The molecule has 0 saturated carbocycles. The fraction of sp³-hybridized carbons (Fsp3) is 0.105. The quantitative estimate of drug-likeness (QED) is 0.713. The van der Waals surface area contributed by atoms with E-state index in [1.807, 2.05) is 30.3 Å². The Labute approximate surface area is 147 Å². The zero-order chi connectivity index (χ0) is 17.1. The molecule has 0 aliphatic rings. The Morgan fingerprint density at radius 3 is 2.71 bits per heavy atom. The molecule has 1 heterocycles. The van der Waals surface area contributed by atoms with Crippen molar-refractivity contribution in [1.82, 2.24) is 4.98 Å². The summed E-state index contributed by atoms with van der Waals surface area (Å²) in [7, 11) is 1.60. The third-order valence-corrected chi connectivity index (χ3v) is 4.52. The second-order valence-corrected chi connectivity index (χ2v) is 6.16. The van der Waals surface area contributed by atoms with E-state index in [-0.39, 0.29) is 11.4 Å². The van der Waals surface area contributed by atoms with Gasteiger partial charge in [-0.05, 0) is 63.3 Å². The van der Waals surface area contributed by atoms with Crippen LogP contribution >= 0.6 is 15.9 Å². The predicted octanol–water partition coefficient (Wildman–Crippen LogP) is 4.54. The van der Waals surface area contributed by atoms with Crippen LogP contribution in [0.3, 0.4) is 0 Å². The molecule has 122 valence electrons. The van der Waals surface area contributed by atoms with E-state index in [0.717, 1.165) is 22.3 Å². The topological polar surface area (TPSA) is 42.1 Å². The molecule has 0 aliphatic heterocycles. The molecular formula is C19H15BrFNO2.